The number of nitrogens with one attached hydrogen (secondary N) is 1. The number of hydrogen-bond acceptors (Lipinski definition) is 6. The molecule has 0 unspecified atom stereocenters. The number of aryl methyl sites for hydroxylation is 2. The third kappa shape index (κ3) is 2.99. The van der Waals surface area contributed by atoms with Crippen LogP contribution in [0.25, 0.3) is 16.7 Å². The minimum absolute atomic E-state index is 0.342. The molecule has 5 heterocycles. The van der Waals surface area contributed by atoms with Gasteiger partial charge in [-0.1, -0.05) is 0 Å². The summed E-state index contributed by atoms with van der Waals surface area (Å²) in [6.07, 6.45) is 5.78. The summed E-state index contributed by atoms with van der Waals surface area (Å²) in [5.74, 6) is 3.22. The quantitative estimate of drug-likeness (QED) is 0.724. The largest absolute Gasteiger partial charge is 0.374 e. The van der Waals surface area contributed by atoms with Gasteiger partial charge in [0.15, 0.2) is 5.82 Å². The van der Waals surface area contributed by atoms with E-state index in [4.69, 9.17) is 19.8 Å². The summed E-state index contributed by atoms with van der Waals surface area (Å²) in [6, 6.07) is 7.14. The van der Waals surface area contributed by atoms with Crippen LogP contribution < -0.4 is 10.2 Å². The Morgan fingerprint density at radius 1 is 1.07 bits per heavy atom. The van der Waals surface area contributed by atoms with E-state index in [0.717, 1.165) is 61.0 Å². The number of benzene rings is 1. The minimum atomic E-state index is 0.342. The van der Waals surface area contributed by atoms with Crippen molar-refractivity contribution >= 4 is 16.7 Å². The molecule has 1 N–H and O–H groups in total. The van der Waals surface area contributed by atoms with Gasteiger partial charge in [0.2, 0.25) is 0 Å². The first-order valence-corrected chi connectivity index (χ1v) is 11.1. The average molecular weight is 405 g/mol. The molecule has 2 bridgehead atoms. The lowest BCUT2D eigenvalue weighted by molar-refractivity contribution is 0.0988. The normalized spacial score (nSPS) is 24.3. The van der Waals surface area contributed by atoms with Crippen molar-refractivity contribution in [2.45, 2.75) is 51.2 Å². The van der Waals surface area contributed by atoms with Gasteiger partial charge in [0.1, 0.15) is 11.6 Å². The second-order valence-corrected chi connectivity index (χ2v) is 8.98. The predicted octanol–water partition coefficient (Wildman–Crippen LogP) is 2.88. The molecule has 0 amide bonds. The first-order valence-electron chi connectivity index (χ1n) is 11.1. The molecule has 3 aromatic rings. The fourth-order valence-electron chi connectivity index (χ4n) is 5.43. The molecule has 6 rings (SSSR count). The third-order valence-corrected chi connectivity index (χ3v) is 6.96. The van der Waals surface area contributed by atoms with E-state index >= 15 is 0 Å². The lowest BCUT2D eigenvalue weighted by atomic mass is 9.87. The summed E-state index contributed by atoms with van der Waals surface area (Å²) in [5.41, 5.74) is 3.94. The Morgan fingerprint density at radius 3 is 2.67 bits per heavy atom. The van der Waals surface area contributed by atoms with E-state index in [1.54, 1.807) is 0 Å². The van der Waals surface area contributed by atoms with E-state index in [-0.39, 0.29) is 0 Å². The molecule has 1 aromatic carbocycles. The highest BCUT2D eigenvalue weighted by molar-refractivity contribution is 5.82. The Bertz CT molecular complexity index is 1100. The maximum absolute atomic E-state index is 5.77. The van der Waals surface area contributed by atoms with Crippen molar-refractivity contribution in [2.75, 3.05) is 31.1 Å². The van der Waals surface area contributed by atoms with Gasteiger partial charge < -0.3 is 15.0 Å². The molecule has 7 nitrogen and oxygen atoms in total. The Hall–Kier alpha value is -2.51. The number of anilines is 1. The number of morpholine rings is 1. The van der Waals surface area contributed by atoms with Crippen LogP contribution >= 0.6 is 0 Å². The SMILES string of the molecule is Cc1nc(N2C[C@H]3C[C@@H]2CO3)cc(-n2ncc3cc(C)c(C4CCNCC4)cc32)n1. The summed E-state index contributed by atoms with van der Waals surface area (Å²) in [5, 5.41) is 9.36. The van der Waals surface area contributed by atoms with E-state index < -0.39 is 0 Å². The Labute approximate surface area is 176 Å². The zero-order valence-corrected chi connectivity index (χ0v) is 17.6. The van der Waals surface area contributed by atoms with Crippen LogP contribution in [0.3, 0.4) is 0 Å². The van der Waals surface area contributed by atoms with E-state index in [1.165, 1.54) is 24.0 Å². The van der Waals surface area contributed by atoms with Gasteiger partial charge >= 0.3 is 0 Å². The molecule has 3 aliphatic heterocycles. The number of hydrogen-bond donors (Lipinski definition) is 1. The van der Waals surface area contributed by atoms with Crippen LogP contribution in [0.15, 0.2) is 24.4 Å². The fourth-order valence-corrected chi connectivity index (χ4v) is 5.43. The van der Waals surface area contributed by atoms with Crippen molar-refractivity contribution in [3.05, 3.63) is 41.3 Å². The molecule has 3 saturated heterocycles. The molecular formula is C23H28N6O. The van der Waals surface area contributed by atoms with Crippen LogP contribution in [0.4, 0.5) is 5.82 Å². The molecule has 156 valence electrons. The first kappa shape index (κ1) is 18.3. The first-order chi connectivity index (χ1) is 14.7. The van der Waals surface area contributed by atoms with Crippen molar-refractivity contribution in [1.29, 1.82) is 0 Å². The van der Waals surface area contributed by atoms with E-state index in [9.17, 15) is 0 Å². The summed E-state index contributed by atoms with van der Waals surface area (Å²) in [6.45, 7) is 8.10. The molecule has 7 heteroatoms. The zero-order chi connectivity index (χ0) is 20.2. The van der Waals surface area contributed by atoms with Crippen LogP contribution in [0, 0.1) is 13.8 Å². The monoisotopic (exact) mass is 404 g/mol. The molecule has 0 radical (unpaired) electrons. The predicted molar refractivity (Wildman–Crippen MR) is 116 cm³/mol. The van der Waals surface area contributed by atoms with Crippen LogP contribution in [0.5, 0.6) is 0 Å². The minimum Gasteiger partial charge on any atom is -0.374 e. The van der Waals surface area contributed by atoms with Crippen LogP contribution in [-0.2, 0) is 4.74 Å². The molecule has 0 saturated carbocycles. The van der Waals surface area contributed by atoms with Gasteiger partial charge in [-0.3, -0.25) is 0 Å². The lowest BCUT2D eigenvalue weighted by Gasteiger charge is -2.28. The van der Waals surface area contributed by atoms with Gasteiger partial charge in [-0.05, 0) is 75.4 Å². The number of aromatic nitrogens is 4. The Balaban J connectivity index is 1.42. The smallest absolute Gasteiger partial charge is 0.159 e. The molecule has 3 aliphatic rings. The maximum Gasteiger partial charge on any atom is 0.159 e. The van der Waals surface area contributed by atoms with Crippen molar-refractivity contribution < 1.29 is 4.74 Å². The van der Waals surface area contributed by atoms with E-state index in [0.29, 0.717) is 18.1 Å². The highest BCUT2D eigenvalue weighted by Crippen LogP contribution is 2.34. The summed E-state index contributed by atoms with van der Waals surface area (Å²) in [7, 11) is 0. The fraction of sp³-hybridized carbons (Fsp3) is 0.522. The number of fused-ring (bicyclic) bond motifs is 3. The lowest BCUT2D eigenvalue weighted by Crippen LogP contribution is -2.37. The number of ether oxygens (including phenoxy) is 1. The van der Waals surface area contributed by atoms with Crippen LogP contribution in [-0.4, -0.2) is 58.1 Å². The number of rotatable bonds is 3. The molecule has 3 fully saturated rings. The molecule has 30 heavy (non-hydrogen) atoms. The Morgan fingerprint density at radius 2 is 1.90 bits per heavy atom. The van der Waals surface area contributed by atoms with E-state index in [2.05, 4.69) is 35.3 Å². The summed E-state index contributed by atoms with van der Waals surface area (Å²) < 4.78 is 7.76. The van der Waals surface area contributed by atoms with Crippen molar-refractivity contribution in [3.63, 3.8) is 0 Å². The molecule has 2 atom stereocenters. The van der Waals surface area contributed by atoms with Gasteiger partial charge in [-0.2, -0.15) is 5.10 Å². The highest BCUT2D eigenvalue weighted by Gasteiger charge is 2.39. The maximum atomic E-state index is 5.77. The summed E-state index contributed by atoms with van der Waals surface area (Å²) in [4.78, 5) is 11.9. The summed E-state index contributed by atoms with van der Waals surface area (Å²) >= 11 is 0. The molecular weight excluding hydrogens is 376 g/mol. The van der Waals surface area contributed by atoms with Crippen molar-refractivity contribution in [3.8, 4) is 5.82 Å². The number of piperidine rings is 1. The molecule has 0 spiro atoms. The van der Waals surface area contributed by atoms with Crippen molar-refractivity contribution in [2.24, 2.45) is 0 Å². The molecule has 0 aliphatic carbocycles. The second kappa shape index (κ2) is 7.03. The average Bonchev–Trinajstić information content (AvgIpc) is 3.49. The number of nitrogens with zero attached hydrogens (tertiary/aromatic N) is 5. The van der Waals surface area contributed by atoms with Gasteiger partial charge in [0.05, 0.1) is 30.5 Å². The van der Waals surface area contributed by atoms with Crippen LogP contribution in [0.1, 0.15) is 42.1 Å². The van der Waals surface area contributed by atoms with Gasteiger partial charge in [-0.25, -0.2) is 14.6 Å². The van der Waals surface area contributed by atoms with E-state index in [1.807, 2.05) is 17.8 Å². The van der Waals surface area contributed by atoms with Crippen molar-refractivity contribution in [1.82, 2.24) is 25.1 Å². The molecule has 2 aromatic heterocycles. The van der Waals surface area contributed by atoms with Gasteiger partial charge in [-0.15, -0.1) is 0 Å². The zero-order valence-electron chi connectivity index (χ0n) is 17.6. The Kier molecular flexibility index (Phi) is 4.28. The van der Waals surface area contributed by atoms with Gasteiger partial charge in [0.25, 0.3) is 0 Å². The van der Waals surface area contributed by atoms with Gasteiger partial charge in [0, 0.05) is 18.0 Å². The second-order valence-electron chi connectivity index (χ2n) is 8.98. The highest BCUT2D eigenvalue weighted by atomic mass is 16.5. The van der Waals surface area contributed by atoms with Crippen LogP contribution in [0.2, 0.25) is 0 Å². The third-order valence-electron chi connectivity index (χ3n) is 6.96. The topological polar surface area (TPSA) is 68.1 Å². The standard InChI is InChI=1S/C23H28N6O/c1-14-7-17-11-25-29(21(17)9-20(14)16-3-5-24-6-4-16)23-10-22(26-15(2)27-23)28-12-19-8-18(28)13-30-19/h7,9-11,16,18-19,24H,3-6,8,12-13H2,1-2H3/t18-,19-/m1/s1.